The van der Waals surface area contributed by atoms with Gasteiger partial charge in [0.1, 0.15) is 0 Å². The molecule has 0 aromatic rings. The first-order chi connectivity index (χ1) is 8.44. The molecule has 18 heavy (non-hydrogen) atoms. The van der Waals surface area contributed by atoms with Gasteiger partial charge in [-0.3, -0.25) is 4.90 Å². The fourth-order valence-electron chi connectivity index (χ4n) is 4.69. The van der Waals surface area contributed by atoms with Crippen molar-refractivity contribution in [3.8, 4) is 0 Å². The molecule has 4 fully saturated rings. The maximum atomic E-state index is 10.8. The van der Waals surface area contributed by atoms with Crippen molar-refractivity contribution in [1.29, 1.82) is 0 Å². The van der Waals surface area contributed by atoms with Crippen molar-refractivity contribution in [2.45, 2.75) is 76.2 Å². The van der Waals surface area contributed by atoms with Crippen molar-refractivity contribution in [2.75, 3.05) is 13.1 Å². The van der Waals surface area contributed by atoms with Crippen molar-refractivity contribution in [2.24, 2.45) is 5.92 Å². The highest BCUT2D eigenvalue weighted by molar-refractivity contribution is 5.11. The Kier molecular flexibility index (Phi) is 3.00. The lowest BCUT2D eigenvalue weighted by molar-refractivity contribution is -0.296. The first kappa shape index (κ1) is 12.9. The van der Waals surface area contributed by atoms with Crippen LogP contribution in [0.2, 0.25) is 0 Å². The standard InChI is InChI=1S/C15H27NO2/c1-14(2)11-7-8-15(3,18-14)13(12(11)17)16-9-5-4-6-10-16/h11-13,17H,4-10H2,1-3H3/t11-,12-,13+,15-/m1/s1. The zero-order chi connectivity index (χ0) is 13.0. The fraction of sp³-hybridized carbons (Fsp3) is 1.00. The van der Waals surface area contributed by atoms with Crippen LogP contribution in [0.1, 0.15) is 52.9 Å². The van der Waals surface area contributed by atoms with E-state index >= 15 is 0 Å². The number of ether oxygens (including phenoxy) is 1. The number of fused-ring (bicyclic) bond motifs is 3. The summed E-state index contributed by atoms with van der Waals surface area (Å²) in [5.74, 6) is 0.297. The lowest BCUT2D eigenvalue weighted by Crippen LogP contribution is -2.72. The highest BCUT2D eigenvalue weighted by Crippen LogP contribution is 2.51. The Morgan fingerprint density at radius 1 is 1.11 bits per heavy atom. The third kappa shape index (κ3) is 1.83. The highest BCUT2D eigenvalue weighted by atomic mass is 16.5. The maximum Gasteiger partial charge on any atom is 0.0841 e. The highest BCUT2D eigenvalue weighted by Gasteiger charge is 2.60. The number of piperidine rings is 1. The number of aliphatic hydroxyl groups is 1. The van der Waals surface area contributed by atoms with E-state index < -0.39 is 0 Å². The zero-order valence-electron chi connectivity index (χ0n) is 12.0. The largest absolute Gasteiger partial charge is 0.391 e. The molecule has 0 amide bonds. The van der Waals surface area contributed by atoms with Crippen LogP contribution in [0.3, 0.4) is 0 Å². The summed E-state index contributed by atoms with van der Waals surface area (Å²) in [5, 5.41) is 10.8. The maximum absolute atomic E-state index is 10.8. The minimum Gasteiger partial charge on any atom is -0.391 e. The molecular weight excluding hydrogens is 226 g/mol. The molecule has 3 saturated heterocycles. The Balaban J connectivity index is 1.87. The number of rotatable bonds is 1. The normalized spacial score (nSPS) is 48.3. The summed E-state index contributed by atoms with van der Waals surface area (Å²) in [7, 11) is 0. The van der Waals surface area contributed by atoms with Gasteiger partial charge < -0.3 is 9.84 Å². The van der Waals surface area contributed by atoms with Gasteiger partial charge in [-0.05, 0) is 59.5 Å². The molecule has 4 atom stereocenters. The van der Waals surface area contributed by atoms with E-state index in [0.717, 1.165) is 25.9 Å². The van der Waals surface area contributed by atoms with Gasteiger partial charge in [-0.15, -0.1) is 0 Å². The second-order valence-electron chi connectivity index (χ2n) is 7.20. The zero-order valence-corrected chi connectivity index (χ0v) is 12.0. The Bertz CT molecular complexity index is 324. The second-order valence-corrected chi connectivity index (χ2v) is 7.20. The molecule has 0 unspecified atom stereocenters. The SMILES string of the molecule is CC1(C)O[C@]2(C)CC[C@@H]1[C@@H](O)[C@@H]2N1CCCCC1. The van der Waals surface area contributed by atoms with E-state index in [1.807, 2.05) is 0 Å². The number of nitrogens with zero attached hydrogens (tertiary/aromatic N) is 1. The third-order valence-electron chi connectivity index (χ3n) is 5.49. The minimum atomic E-state index is -0.217. The first-order valence-electron chi connectivity index (χ1n) is 7.56. The molecule has 4 aliphatic rings. The van der Waals surface area contributed by atoms with E-state index in [1.165, 1.54) is 19.3 Å². The van der Waals surface area contributed by atoms with Gasteiger partial charge in [0.2, 0.25) is 0 Å². The smallest absolute Gasteiger partial charge is 0.0841 e. The Morgan fingerprint density at radius 2 is 1.78 bits per heavy atom. The lowest BCUT2D eigenvalue weighted by atomic mass is 9.63. The van der Waals surface area contributed by atoms with E-state index in [4.69, 9.17) is 4.74 Å². The molecule has 1 saturated carbocycles. The molecule has 4 rings (SSSR count). The van der Waals surface area contributed by atoms with Crippen LogP contribution in [-0.2, 0) is 4.74 Å². The molecular formula is C15H27NO2. The van der Waals surface area contributed by atoms with Crippen molar-refractivity contribution >= 4 is 0 Å². The summed E-state index contributed by atoms with van der Waals surface area (Å²) in [6, 6.07) is 0.213. The second kappa shape index (κ2) is 4.19. The van der Waals surface area contributed by atoms with Gasteiger partial charge in [-0.1, -0.05) is 6.42 Å². The molecule has 0 spiro atoms. The topological polar surface area (TPSA) is 32.7 Å². The predicted molar refractivity (Wildman–Crippen MR) is 71.5 cm³/mol. The fourth-order valence-corrected chi connectivity index (χ4v) is 4.69. The van der Waals surface area contributed by atoms with Crippen LogP contribution in [0.25, 0.3) is 0 Å². The van der Waals surface area contributed by atoms with Crippen molar-refractivity contribution in [1.82, 2.24) is 4.90 Å². The van der Waals surface area contributed by atoms with Crippen molar-refractivity contribution < 1.29 is 9.84 Å². The number of hydrogen-bond acceptors (Lipinski definition) is 3. The summed E-state index contributed by atoms with van der Waals surface area (Å²) in [4.78, 5) is 2.50. The van der Waals surface area contributed by atoms with E-state index in [1.54, 1.807) is 0 Å². The summed E-state index contributed by atoms with van der Waals surface area (Å²) in [6.45, 7) is 8.77. The predicted octanol–water partition coefficient (Wildman–Crippen LogP) is 2.18. The molecule has 0 aromatic carbocycles. The van der Waals surface area contributed by atoms with Gasteiger partial charge in [-0.2, -0.15) is 0 Å². The van der Waals surface area contributed by atoms with Crippen LogP contribution in [0.15, 0.2) is 0 Å². The molecule has 1 aliphatic carbocycles. The Labute approximate surface area is 110 Å². The summed E-state index contributed by atoms with van der Waals surface area (Å²) in [5.41, 5.74) is -0.326. The number of hydrogen-bond donors (Lipinski definition) is 1. The average molecular weight is 253 g/mol. The Morgan fingerprint density at radius 3 is 2.33 bits per heavy atom. The van der Waals surface area contributed by atoms with E-state index in [-0.39, 0.29) is 23.3 Å². The molecule has 3 nitrogen and oxygen atoms in total. The number of aliphatic hydroxyl groups excluding tert-OH is 1. The van der Waals surface area contributed by atoms with Gasteiger partial charge in [-0.25, -0.2) is 0 Å². The van der Waals surface area contributed by atoms with Crippen LogP contribution in [0.5, 0.6) is 0 Å². The third-order valence-corrected chi connectivity index (χ3v) is 5.49. The lowest BCUT2D eigenvalue weighted by Gasteiger charge is -2.62. The average Bonchev–Trinajstić information content (AvgIpc) is 2.27. The minimum absolute atomic E-state index is 0.158. The van der Waals surface area contributed by atoms with Crippen LogP contribution < -0.4 is 0 Å². The monoisotopic (exact) mass is 253 g/mol. The first-order valence-corrected chi connectivity index (χ1v) is 7.56. The molecule has 1 N–H and O–H groups in total. The van der Waals surface area contributed by atoms with Gasteiger partial charge in [0, 0.05) is 5.92 Å². The molecule has 0 radical (unpaired) electrons. The molecule has 2 bridgehead atoms. The van der Waals surface area contributed by atoms with Crippen LogP contribution in [0, 0.1) is 5.92 Å². The van der Waals surface area contributed by atoms with Gasteiger partial charge in [0.25, 0.3) is 0 Å². The van der Waals surface area contributed by atoms with Crippen molar-refractivity contribution in [3.63, 3.8) is 0 Å². The Hall–Kier alpha value is -0.120. The molecule has 3 heterocycles. The summed E-state index contributed by atoms with van der Waals surface area (Å²) in [6.07, 6.45) is 5.87. The molecule has 0 aromatic heterocycles. The molecule has 3 heteroatoms. The molecule has 3 aliphatic heterocycles. The quantitative estimate of drug-likeness (QED) is 0.777. The van der Waals surface area contributed by atoms with E-state index in [9.17, 15) is 5.11 Å². The van der Waals surface area contributed by atoms with Gasteiger partial charge >= 0.3 is 0 Å². The number of likely N-dealkylation sites (tertiary alicyclic amines) is 1. The van der Waals surface area contributed by atoms with Crippen LogP contribution in [-0.4, -0.2) is 46.4 Å². The van der Waals surface area contributed by atoms with E-state index in [0.29, 0.717) is 5.92 Å². The summed E-state index contributed by atoms with van der Waals surface area (Å²) < 4.78 is 6.39. The van der Waals surface area contributed by atoms with E-state index in [2.05, 4.69) is 25.7 Å². The molecule has 104 valence electrons. The van der Waals surface area contributed by atoms with Crippen LogP contribution >= 0.6 is 0 Å². The summed E-state index contributed by atoms with van der Waals surface area (Å²) >= 11 is 0. The van der Waals surface area contributed by atoms with Gasteiger partial charge in [0.05, 0.1) is 23.3 Å². The van der Waals surface area contributed by atoms with Crippen LogP contribution in [0.4, 0.5) is 0 Å². The van der Waals surface area contributed by atoms with Crippen molar-refractivity contribution in [3.05, 3.63) is 0 Å². The van der Waals surface area contributed by atoms with Gasteiger partial charge in [0.15, 0.2) is 0 Å².